The van der Waals surface area contributed by atoms with Crippen LogP contribution in [0.4, 0.5) is 4.79 Å². The van der Waals surface area contributed by atoms with Crippen molar-refractivity contribution in [2.75, 3.05) is 13.2 Å². The summed E-state index contributed by atoms with van der Waals surface area (Å²) >= 11 is 0. The second-order valence-corrected chi connectivity index (χ2v) is 4.99. The van der Waals surface area contributed by atoms with E-state index in [1.165, 1.54) is 0 Å². The van der Waals surface area contributed by atoms with Crippen molar-refractivity contribution >= 4 is 6.09 Å². The fraction of sp³-hybridized carbons (Fsp3) is 0.909. The lowest BCUT2D eigenvalue weighted by Gasteiger charge is -2.31. The summed E-state index contributed by atoms with van der Waals surface area (Å²) in [4.78, 5) is 11.5. The molecule has 0 aromatic carbocycles. The van der Waals surface area contributed by atoms with E-state index in [1.807, 2.05) is 20.8 Å². The van der Waals surface area contributed by atoms with Crippen LogP contribution in [0.5, 0.6) is 0 Å². The molecule has 5 nitrogen and oxygen atoms in total. The Morgan fingerprint density at radius 2 is 2.25 bits per heavy atom. The number of aliphatic hydroxyl groups excluding tert-OH is 1. The van der Waals surface area contributed by atoms with E-state index >= 15 is 0 Å². The van der Waals surface area contributed by atoms with Crippen molar-refractivity contribution in [2.24, 2.45) is 0 Å². The van der Waals surface area contributed by atoms with Gasteiger partial charge < -0.3 is 19.9 Å². The number of carbonyl (C=O) groups excluding carboxylic acids is 1. The van der Waals surface area contributed by atoms with Gasteiger partial charge in [-0.25, -0.2) is 4.79 Å². The third-order valence-corrected chi connectivity index (χ3v) is 2.32. The first-order chi connectivity index (χ1) is 7.42. The van der Waals surface area contributed by atoms with Gasteiger partial charge in [0.05, 0.1) is 12.6 Å². The molecule has 1 aliphatic heterocycles. The van der Waals surface area contributed by atoms with Crippen LogP contribution in [0.25, 0.3) is 0 Å². The van der Waals surface area contributed by atoms with Gasteiger partial charge in [-0.1, -0.05) is 0 Å². The third kappa shape index (κ3) is 4.37. The minimum Gasteiger partial charge on any atom is -0.444 e. The van der Waals surface area contributed by atoms with E-state index < -0.39 is 11.7 Å². The maximum Gasteiger partial charge on any atom is 0.407 e. The lowest BCUT2D eigenvalue weighted by Crippen LogP contribution is -2.50. The van der Waals surface area contributed by atoms with Crippen LogP contribution >= 0.6 is 0 Å². The number of rotatable bonds is 2. The van der Waals surface area contributed by atoms with Crippen LogP contribution < -0.4 is 5.32 Å². The van der Waals surface area contributed by atoms with Gasteiger partial charge in [0.1, 0.15) is 11.7 Å². The summed E-state index contributed by atoms with van der Waals surface area (Å²) in [6.45, 7) is 5.99. The molecule has 2 N–H and O–H groups in total. The van der Waals surface area contributed by atoms with Crippen LogP contribution in [0.15, 0.2) is 0 Å². The van der Waals surface area contributed by atoms with Crippen molar-refractivity contribution in [1.29, 1.82) is 0 Å². The molecule has 0 spiro atoms. The Balaban J connectivity index is 2.42. The molecule has 1 amide bonds. The molecule has 1 heterocycles. The summed E-state index contributed by atoms with van der Waals surface area (Å²) in [6.07, 6.45) is 0.921. The molecule has 0 aromatic rings. The van der Waals surface area contributed by atoms with Gasteiger partial charge in [0.15, 0.2) is 0 Å². The molecule has 1 saturated heterocycles. The number of hydrogen-bond acceptors (Lipinski definition) is 4. The smallest absolute Gasteiger partial charge is 0.407 e. The average Bonchev–Trinajstić information content (AvgIpc) is 2.15. The summed E-state index contributed by atoms with van der Waals surface area (Å²) in [5, 5.41) is 11.8. The molecule has 0 aromatic heterocycles. The first kappa shape index (κ1) is 13.3. The Labute approximate surface area is 96.1 Å². The molecule has 1 rings (SSSR count). The van der Waals surface area contributed by atoms with Crippen molar-refractivity contribution in [3.63, 3.8) is 0 Å². The van der Waals surface area contributed by atoms with Gasteiger partial charge in [0.2, 0.25) is 0 Å². The van der Waals surface area contributed by atoms with Crippen LogP contribution in [-0.4, -0.2) is 42.2 Å². The quantitative estimate of drug-likeness (QED) is 0.745. The average molecular weight is 231 g/mol. The summed E-state index contributed by atoms with van der Waals surface area (Å²) < 4.78 is 10.5. The SMILES string of the molecule is CC(C)(C)OC(=O)N[C@@H]1CCCO[C@H]1CO. The van der Waals surface area contributed by atoms with Gasteiger partial charge >= 0.3 is 6.09 Å². The summed E-state index contributed by atoms with van der Waals surface area (Å²) in [6, 6.07) is -0.159. The largest absolute Gasteiger partial charge is 0.444 e. The molecule has 0 bridgehead atoms. The zero-order valence-corrected chi connectivity index (χ0v) is 10.2. The maximum absolute atomic E-state index is 11.5. The highest BCUT2D eigenvalue weighted by Crippen LogP contribution is 2.14. The highest BCUT2D eigenvalue weighted by molar-refractivity contribution is 5.68. The molecule has 5 heteroatoms. The van der Waals surface area contributed by atoms with Gasteiger partial charge in [-0.2, -0.15) is 0 Å². The zero-order chi connectivity index (χ0) is 12.2. The van der Waals surface area contributed by atoms with E-state index in [9.17, 15) is 4.79 Å². The van der Waals surface area contributed by atoms with Crippen molar-refractivity contribution in [3.8, 4) is 0 Å². The number of hydrogen-bond donors (Lipinski definition) is 2. The lowest BCUT2D eigenvalue weighted by molar-refractivity contribution is -0.0412. The van der Waals surface area contributed by atoms with Crippen LogP contribution in [0.3, 0.4) is 0 Å². The van der Waals surface area contributed by atoms with E-state index in [-0.39, 0.29) is 18.8 Å². The normalized spacial score (nSPS) is 26.2. The highest BCUT2D eigenvalue weighted by atomic mass is 16.6. The highest BCUT2D eigenvalue weighted by Gasteiger charge is 2.28. The lowest BCUT2D eigenvalue weighted by atomic mass is 10.0. The van der Waals surface area contributed by atoms with Crippen LogP contribution in [0.2, 0.25) is 0 Å². The van der Waals surface area contributed by atoms with Gasteiger partial charge in [-0.05, 0) is 33.6 Å². The van der Waals surface area contributed by atoms with Crippen molar-refractivity contribution < 1.29 is 19.4 Å². The van der Waals surface area contributed by atoms with Crippen molar-refractivity contribution in [3.05, 3.63) is 0 Å². The second-order valence-electron chi connectivity index (χ2n) is 4.99. The Morgan fingerprint density at radius 1 is 1.56 bits per heavy atom. The molecular formula is C11H21NO4. The Bertz CT molecular complexity index is 237. The van der Waals surface area contributed by atoms with E-state index in [4.69, 9.17) is 14.6 Å². The number of nitrogens with one attached hydrogen (secondary N) is 1. The van der Waals surface area contributed by atoms with Gasteiger partial charge in [0.25, 0.3) is 0 Å². The Hall–Kier alpha value is -0.810. The predicted molar refractivity (Wildman–Crippen MR) is 59.2 cm³/mol. The fourth-order valence-corrected chi connectivity index (χ4v) is 1.64. The Morgan fingerprint density at radius 3 is 2.81 bits per heavy atom. The van der Waals surface area contributed by atoms with E-state index in [0.29, 0.717) is 6.61 Å². The number of aliphatic hydroxyl groups is 1. The Kier molecular flexibility index (Phi) is 4.56. The van der Waals surface area contributed by atoms with Gasteiger partial charge in [0, 0.05) is 6.61 Å². The summed E-state index contributed by atoms with van der Waals surface area (Å²) in [5.41, 5.74) is -0.506. The number of alkyl carbamates (subject to hydrolysis) is 1. The summed E-state index contributed by atoms with van der Waals surface area (Å²) in [7, 11) is 0. The first-order valence-electron chi connectivity index (χ1n) is 5.64. The first-order valence-corrected chi connectivity index (χ1v) is 5.64. The zero-order valence-electron chi connectivity index (χ0n) is 10.2. The second kappa shape index (κ2) is 5.50. The number of carbonyl (C=O) groups is 1. The molecule has 94 valence electrons. The van der Waals surface area contributed by atoms with Gasteiger partial charge in [-0.15, -0.1) is 0 Å². The topological polar surface area (TPSA) is 67.8 Å². The van der Waals surface area contributed by atoms with Crippen LogP contribution in [0.1, 0.15) is 33.6 Å². The number of ether oxygens (including phenoxy) is 2. The fourth-order valence-electron chi connectivity index (χ4n) is 1.64. The monoisotopic (exact) mass is 231 g/mol. The van der Waals surface area contributed by atoms with E-state index in [0.717, 1.165) is 12.8 Å². The minimum absolute atomic E-state index is 0.0829. The van der Waals surface area contributed by atoms with Crippen molar-refractivity contribution in [1.82, 2.24) is 5.32 Å². The number of amides is 1. The van der Waals surface area contributed by atoms with Crippen molar-refractivity contribution in [2.45, 2.75) is 51.4 Å². The van der Waals surface area contributed by atoms with Crippen LogP contribution in [0, 0.1) is 0 Å². The van der Waals surface area contributed by atoms with E-state index in [1.54, 1.807) is 0 Å². The molecule has 1 fully saturated rings. The molecule has 16 heavy (non-hydrogen) atoms. The molecule has 2 atom stereocenters. The molecule has 0 unspecified atom stereocenters. The minimum atomic E-state index is -0.506. The molecule has 0 radical (unpaired) electrons. The van der Waals surface area contributed by atoms with E-state index in [2.05, 4.69) is 5.32 Å². The maximum atomic E-state index is 11.5. The molecule has 1 aliphatic rings. The van der Waals surface area contributed by atoms with Gasteiger partial charge in [-0.3, -0.25) is 0 Å². The molecular weight excluding hydrogens is 210 g/mol. The predicted octanol–water partition coefficient (Wildman–Crippen LogP) is 1.05. The summed E-state index contributed by atoms with van der Waals surface area (Å²) in [5.74, 6) is 0. The molecule has 0 aliphatic carbocycles. The molecule has 0 saturated carbocycles. The standard InChI is InChI=1S/C11H21NO4/c1-11(2,3)16-10(14)12-8-5-4-6-15-9(8)7-13/h8-9,13H,4-7H2,1-3H3,(H,12,14)/t8-,9+/m1/s1. The van der Waals surface area contributed by atoms with Crippen LogP contribution in [-0.2, 0) is 9.47 Å². The third-order valence-electron chi connectivity index (χ3n) is 2.32.